The van der Waals surface area contributed by atoms with Crippen molar-refractivity contribution in [3.63, 3.8) is 0 Å². The van der Waals surface area contributed by atoms with Crippen LogP contribution >= 0.6 is 31.9 Å². The first kappa shape index (κ1) is 16.9. The number of rotatable bonds is 5. The SMILES string of the molecule is CC(C)(C)OOCC[C@H](N)c1cc(Br)cc(Br)c1O. The molecule has 0 spiro atoms. The summed E-state index contributed by atoms with van der Waals surface area (Å²) in [6, 6.07) is 3.25. The van der Waals surface area contributed by atoms with Crippen LogP contribution in [0.25, 0.3) is 0 Å². The lowest BCUT2D eigenvalue weighted by atomic mass is 10.0. The Morgan fingerprint density at radius 3 is 2.53 bits per heavy atom. The van der Waals surface area contributed by atoms with Crippen molar-refractivity contribution in [2.45, 2.75) is 38.8 Å². The van der Waals surface area contributed by atoms with Crippen molar-refractivity contribution in [3.8, 4) is 5.75 Å². The first-order valence-electron chi connectivity index (χ1n) is 5.95. The van der Waals surface area contributed by atoms with Crippen molar-refractivity contribution in [3.05, 3.63) is 26.6 Å². The van der Waals surface area contributed by atoms with Crippen LogP contribution < -0.4 is 5.73 Å². The van der Waals surface area contributed by atoms with Gasteiger partial charge >= 0.3 is 0 Å². The molecule has 1 rings (SSSR count). The van der Waals surface area contributed by atoms with Gasteiger partial charge < -0.3 is 10.8 Å². The minimum absolute atomic E-state index is 0.160. The lowest BCUT2D eigenvalue weighted by molar-refractivity contribution is -0.349. The van der Waals surface area contributed by atoms with Crippen molar-refractivity contribution in [1.82, 2.24) is 0 Å². The van der Waals surface area contributed by atoms with Crippen LogP contribution in [0.4, 0.5) is 0 Å². The van der Waals surface area contributed by atoms with Crippen LogP contribution in [-0.4, -0.2) is 17.3 Å². The highest BCUT2D eigenvalue weighted by Crippen LogP contribution is 2.35. The molecule has 1 atom stereocenters. The van der Waals surface area contributed by atoms with Crippen LogP contribution in [0.3, 0.4) is 0 Å². The van der Waals surface area contributed by atoms with Crippen molar-refractivity contribution < 1.29 is 14.9 Å². The summed E-state index contributed by atoms with van der Waals surface area (Å²) >= 11 is 6.65. The van der Waals surface area contributed by atoms with E-state index in [-0.39, 0.29) is 17.4 Å². The van der Waals surface area contributed by atoms with Crippen LogP contribution in [0.15, 0.2) is 21.1 Å². The molecule has 0 heterocycles. The first-order chi connectivity index (χ1) is 8.70. The van der Waals surface area contributed by atoms with Crippen LogP contribution in [0.1, 0.15) is 38.8 Å². The highest BCUT2D eigenvalue weighted by molar-refractivity contribution is 9.11. The Kier molecular flexibility index (Phi) is 6.26. The maximum Gasteiger partial charge on any atom is 0.134 e. The van der Waals surface area contributed by atoms with Gasteiger partial charge in [-0.15, -0.1) is 0 Å². The summed E-state index contributed by atoms with van der Waals surface area (Å²) in [7, 11) is 0. The van der Waals surface area contributed by atoms with E-state index in [0.29, 0.717) is 23.1 Å². The molecule has 0 bridgehead atoms. The number of phenolic OH excluding ortho intramolecular Hbond substituents is 1. The van der Waals surface area contributed by atoms with Crippen molar-refractivity contribution in [2.24, 2.45) is 5.73 Å². The zero-order chi connectivity index (χ0) is 14.6. The summed E-state index contributed by atoms with van der Waals surface area (Å²) in [5.41, 5.74) is 6.37. The van der Waals surface area contributed by atoms with Gasteiger partial charge in [-0.2, -0.15) is 0 Å². The predicted molar refractivity (Wildman–Crippen MR) is 81.8 cm³/mol. The molecule has 0 aromatic heterocycles. The Morgan fingerprint density at radius 2 is 1.95 bits per heavy atom. The molecule has 0 saturated carbocycles. The summed E-state index contributed by atoms with van der Waals surface area (Å²) in [6.07, 6.45) is 0.548. The van der Waals surface area contributed by atoms with E-state index in [1.165, 1.54) is 0 Å². The molecule has 0 aliphatic heterocycles. The zero-order valence-corrected chi connectivity index (χ0v) is 14.4. The Balaban J connectivity index is 2.57. The standard InChI is InChI=1S/C13H19Br2NO3/c1-13(2,3)19-18-5-4-11(16)9-6-8(14)7-10(15)12(9)17/h6-7,11,17H,4-5,16H2,1-3H3/t11-/m0/s1. The molecule has 6 heteroatoms. The molecule has 1 aromatic rings. The Hall–Kier alpha value is -0.140. The summed E-state index contributed by atoms with van der Waals surface area (Å²) in [5.74, 6) is 0.160. The smallest absolute Gasteiger partial charge is 0.134 e. The fraction of sp³-hybridized carbons (Fsp3) is 0.538. The summed E-state index contributed by atoms with van der Waals surface area (Å²) in [4.78, 5) is 10.3. The number of nitrogens with two attached hydrogens (primary N) is 1. The van der Waals surface area contributed by atoms with Gasteiger partial charge in [-0.05, 0) is 55.3 Å². The van der Waals surface area contributed by atoms with Gasteiger partial charge in [0.2, 0.25) is 0 Å². The Labute approximate surface area is 130 Å². The Morgan fingerprint density at radius 1 is 1.32 bits per heavy atom. The summed E-state index contributed by atoms with van der Waals surface area (Å²) in [6.45, 7) is 6.08. The molecule has 0 aliphatic rings. The molecule has 0 unspecified atom stereocenters. The molecule has 108 valence electrons. The van der Waals surface area contributed by atoms with Gasteiger partial charge in [0.15, 0.2) is 0 Å². The maximum absolute atomic E-state index is 9.96. The second kappa shape index (κ2) is 7.04. The number of halogens is 2. The normalized spacial score (nSPS) is 13.6. The molecule has 1 aromatic carbocycles. The largest absolute Gasteiger partial charge is 0.506 e. The molecule has 0 fully saturated rings. The first-order valence-corrected chi connectivity index (χ1v) is 7.53. The maximum atomic E-state index is 9.96. The quantitative estimate of drug-likeness (QED) is 0.447. The molecular formula is C13H19Br2NO3. The average Bonchev–Trinajstić information content (AvgIpc) is 2.27. The predicted octanol–water partition coefficient (Wildman–Crippen LogP) is 4.05. The van der Waals surface area contributed by atoms with Gasteiger partial charge in [-0.3, -0.25) is 0 Å². The second-order valence-corrected chi connectivity index (χ2v) is 7.01. The lowest BCUT2D eigenvalue weighted by Gasteiger charge is -2.19. The third kappa shape index (κ3) is 5.79. The van der Waals surface area contributed by atoms with Crippen molar-refractivity contribution >= 4 is 31.9 Å². The van der Waals surface area contributed by atoms with Gasteiger partial charge in [-0.1, -0.05) is 15.9 Å². The van der Waals surface area contributed by atoms with E-state index in [2.05, 4.69) is 31.9 Å². The number of benzene rings is 1. The number of hydrogen-bond donors (Lipinski definition) is 2. The second-order valence-electron chi connectivity index (χ2n) is 5.24. The van der Waals surface area contributed by atoms with Crippen molar-refractivity contribution in [1.29, 1.82) is 0 Å². The molecule has 19 heavy (non-hydrogen) atoms. The third-order valence-corrected chi connectivity index (χ3v) is 3.34. The molecule has 0 amide bonds. The monoisotopic (exact) mass is 395 g/mol. The number of hydrogen-bond acceptors (Lipinski definition) is 4. The number of aromatic hydroxyl groups is 1. The fourth-order valence-electron chi connectivity index (χ4n) is 1.42. The van der Waals surface area contributed by atoms with Gasteiger partial charge in [0.1, 0.15) is 5.75 Å². The molecule has 0 aliphatic carbocycles. The molecule has 3 N–H and O–H groups in total. The van der Waals surface area contributed by atoms with E-state index in [4.69, 9.17) is 15.5 Å². The van der Waals surface area contributed by atoms with Gasteiger partial charge in [0.25, 0.3) is 0 Å². The fourth-order valence-corrected chi connectivity index (χ4v) is 2.68. The third-order valence-electron chi connectivity index (χ3n) is 2.28. The van der Waals surface area contributed by atoms with Crippen LogP contribution in [0, 0.1) is 0 Å². The average molecular weight is 397 g/mol. The van der Waals surface area contributed by atoms with Gasteiger partial charge in [-0.25, -0.2) is 9.78 Å². The van der Waals surface area contributed by atoms with E-state index in [0.717, 1.165) is 4.47 Å². The number of phenols is 1. The minimum atomic E-state index is -0.342. The van der Waals surface area contributed by atoms with Crippen LogP contribution in [0.2, 0.25) is 0 Å². The summed E-state index contributed by atoms with van der Waals surface area (Å²) in [5, 5.41) is 9.96. The van der Waals surface area contributed by atoms with Crippen LogP contribution in [-0.2, 0) is 9.78 Å². The van der Waals surface area contributed by atoms with Gasteiger partial charge in [0, 0.05) is 16.1 Å². The molecular weight excluding hydrogens is 378 g/mol. The molecule has 0 radical (unpaired) electrons. The molecule has 4 nitrogen and oxygen atoms in total. The van der Waals surface area contributed by atoms with Gasteiger partial charge in [0.05, 0.1) is 16.7 Å². The minimum Gasteiger partial charge on any atom is -0.506 e. The highest BCUT2D eigenvalue weighted by Gasteiger charge is 2.16. The van der Waals surface area contributed by atoms with E-state index in [9.17, 15) is 5.11 Å². The van der Waals surface area contributed by atoms with Crippen LogP contribution in [0.5, 0.6) is 5.75 Å². The van der Waals surface area contributed by atoms with E-state index < -0.39 is 0 Å². The van der Waals surface area contributed by atoms with E-state index >= 15 is 0 Å². The highest BCUT2D eigenvalue weighted by atomic mass is 79.9. The molecule has 0 saturated heterocycles. The Bertz CT molecular complexity index is 433. The van der Waals surface area contributed by atoms with E-state index in [1.54, 1.807) is 12.1 Å². The lowest BCUT2D eigenvalue weighted by Crippen LogP contribution is -2.21. The summed E-state index contributed by atoms with van der Waals surface area (Å²) < 4.78 is 1.47. The zero-order valence-electron chi connectivity index (χ0n) is 11.2. The van der Waals surface area contributed by atoms with Crippen molar-refractivity contribution in [2.75, 3.05) is 6.61 Å². The topological polar surface area (TPSA) is 64.7 Å². The van der Waals surface area contributed by atoms with E-state index in [1.807, 2.05) is 20.8 Å².